The van der Waals surface area contributed by atoms with Gasteiger partial charge in [0.15, 0.2) is 0 Å². The Morgan fingerprint density at radius 1 is 1.00 bits per heavy atom. The zero-order valence-corrected chi connectivity index (χ0v) is 20.2. The minimum Gasteiger partial charge on any atom is -0.497 e. The van der Waals surface area contributed by atoms with Crippen molar-refractivity contribution >= 4 is 28.1 Å². The molecule has 1 aromatic heterocycles. The number of carbonyl (C=O) groups is 1. The third-order valence-corrected chi connectivity index (χ3v) is 5.84. The number of methoxy groups -OCH3 is 3. The number of furan rings is 1. The second kappa shape index (κ2) is 9.93. The Bertz CT molecular complexity index is 1420. The van der Waals surface area contributed by atoms with E-state index in [9.17, 15) is 9.18 Å². The van der Waals surface area contributed by atoms with Crippen molar-refractivity contribution in [1.82, 2.24) is 0 Å². The first-order chi connectivity index (χ1) is 16.9. The summed E-state index contributed by atoms with van der Waals surface area (Å²) in [5.74, 6) is 1.09. The first-order valence-corrected chi connectivity index (χ1v) is 10.9. The minimum atomic E-state index is -0.322. The highest BCUT2D eigenvalue weighted by Crippen LogP contribution is 2.40. The molecule has 0 atom stereocenters. The number of halogens is 1. The number of benzene rings is 3. The molecule has 4 aromatic rings. The van der Waals surface area contributed by atoms with Crippen molar-refractivity contribution in [2.24, 2.45) is 0 Å². The van der Waals surface area contributed by atoms with Gasteiger partial charge in [-0.15, -0.1) is 0 Å². The van der Waals surface area contributed by atoms with Gasteiger partial charge in [-0.1, -0.05) is 12.1 Å². The quantitative estimate of drug-likeness (QED) is 0.304. The molecule has 0 fully saturated rings. The number of anilines is 1. The van der Waals surface area contributed by atoms with E-state index in [-0.39, 0.29) is 11.7 Å². The number of allylic oxidation sites excluding steroid dienone is 1. The molecule has 180 valence electrons. The maximum absolute atomic E-state index is 13.4. The van der Waals surface area contributed by atoms with Crippen LogP contribution in [-0.2, 0) is 4.79 Å². The lowest BCUT2D eigenvalue weighted by atomic mass is 9.96. The molecule has 0 saturated carbocycles. The van der Waals surface area contributed by atoms with Crippen LogP contribution in [0.25, 0.3) is 27.7 Å². The van der Waals surface area contributed by atoms with E-state index >= 15 is 0 Å². The van der Waals surface area contributed by atoms with Crippen LogP contribution in [0.4, 0.5) is 10.1 Å². The number of ether oxygens (including phenoxy) is 3. The summed E-state index contributed by atoms with van der Waals surface area (Å²) in [6.45, 7) is 3.74. The maximum atomic E-state index is 13.4. The molecule has 6 nitrogen and oxygen atoms in total. The van der Waals surface area contributed by atoms with Crippen LogP contribution < -0.4 is 19.5 Å². The van der Waals surface area contributed by atoms with Crippen LogP contribution in [0.3, 0.4) is 0 Å². The van der Waals surface area contributed by atoms with E-state index < -0.39 is 0 Å². The Hall–Kier alpha value is -4.26. The van der Waals surface area contributed by atoms with Crippen molar-refractivity contribution in [3.8, 4) is 28.4 Å². The van der Waals surface area contributed by atoms with Gasteiger partial charge in [0.05, 0.1) is 33.3 Å². The molecule has 0 saturated heterocycles. The van der Waals surface area contributed by atoms with Crippen LogP contribution >= 0.6 is 0 Å². The van der Waals surface area contributed by atoms with E-state index in [0.717, 1.165) is 27.6 Å². The van der Waals surface area contributed by atoms with Crippen molar-refractivity contribution in [1.29, 1.82) is 0 Å². The first kappa shape index (κ1) is 23.9. The van der Waals surface area contributed by atoms with Crippen LogP contribution in [-0.4, -0.2) is 27.2 Å². The van der Waals surface area contributed by atoms with Gasteiger partial charge in [0.25, 0.3) is 0 Å². The van der Waals surface area contributed by atoms with E-state index in [0.29, 0.717) is 34.1 Å². The van der Waals surface area contributed by atoms with Crippen LogP contribution in [0.5, 0.6) is 17.2 Å². The summed E-state index contributed by atoms with van der Waals surface area (Å²) in [7, 11) is 4.67. The molecule has 35 heavy (non-hydrogen) atoms. The van der Waals surface area contributed by atoms with Gasteiger partial charge in [-0.25, -0.2) is 4.39 Å². The first-order valence-electron chi connectivity index (χ1n) is 10.9. The van der Waals surface area contributed by atoms with Crippen molar-refractivity contribution in [3.63, 3.8) is 0 Å². The summed E-state index contributed by atoms with van der Waals surface area (Å²) in [5, 5.41) is 3.69. The number of aryl methyl sites for hydroxylation is 1. The summed E-state index contributed by atoms with van der Waals surface area (Å²) >= 11 is 0. The van der Waals surface area contributed by atoms with Crippen molar-refractivity contribution in [2.75, 3.05) is 26.6 Å². The summed E-state index contributed by atoms with van der Waals surface area (Å²) < 4.78 is 35.5. The zero-order valence-electron chi connectivity index (χ0n) is 20.2. The number of hydrogen-bond acceptors (Lipinski definition) is 5. The van der Waals surface area contributed by atoms with Gasteiger partial charge < -0.3 is 23.9 Å². The average Bonchev–Trinajstić information content (AvgIpc) is 3.29. The zero-order chi connectivity index (χ0) is 25.1. The lowest BCUT2D eigenvalue weighted by molar-refractivity contribution is -0.111. The number of rotatable bonds is 7. The van der Waals surface area contributed by atoms with E-state index in [1.807, 2.05) is 19.9 Å². The van der Waals surface area contributed by atoms with Gasteiger partial charge in [-0.05, 0) is 55.3 Å². The molecule has 0 aliphatic carbocycles. The second-order valence-electron chi connectivity index (χ2n) is 8.00. The SMILES string of the molecule is COc1ccc(NC(=O)/C=C(\C)c2cc3c(-c4ccc(F)cc4)coc3c(C)c2OC)c(OC)c1. The Morgan fingerprint density at radius 3 is 2.40 bits per heavy atom. The fourth-order valence-electron chi connectivity index (χ4n) is 4.07. The number of amides is 1. The van der Waals surface area contributed by atoms with Gasteiger partial charge in [0, 0.05) is 34.2 Å². The summed E-state index contributed by atoms with van der Waals surface area (Å²) in [4.78, 5) is 12.9. The van der Waals surface area contributed by atoms with Crippen LogP contribution in [0.2, 0.25) is 0 Å². The largest absolute Gasteiger partial charge is 0.497 e. The third kappa shape index (κ3) is 4.71. The van der Waals surface area contributed by atoms with Gasteiger partial charge >= 0.3 is 0 Å². The lowest BCUT2D eigenvalue weighted by Gasteiger charge is -2.14. The number of carbonyl (C=O) groups excluding carboxylic acids is 1. The molecule has 1 amide bonds. The molecule has 1 N–H and O–H groups in total. The lowest BCUT2D eigenvalue weighted by Crippen LogP contribution is -2.10. The predicted molar refractivity (Wildman–Crippen MR) is 135 cm³/mol. The Morgan fingerprint density at radius 2 is 1.74 bits per heavy atom. The highest BCUT2D eigenvalue weighted by atomic mass is 19.1. The fourth-order valence-corrected chi connectivity index (χ4v) is 4.07. The fraction of sp³-hybridized carbons (Fsp3) is 0.179. The minimum absolute atomic E-state index is 0.307. The molecule has 1 heterocycles. The number of nitrogens with one attached hydrogen (secondary N) is 1. The van der Waals surface area contributed by atoms with Crippen molar-refractivity contribution < 1.29 is 27.8 Å². The molecule has 7 heteroatoms. The van der Waals surface area contributed by atoms with Gasteiger partial charge in [0.1, 0.15) is 28.6 Å². The summed E-state index contributed by atoms with van der Waals surface area (Å²) in [6.07, 6.45) is 3.15. The standard InChI is InChI=1S/C28H26FNO5/c1-16(12-26(31)30-24-11-10-20(32-3)13-25(24)33-4)21-14-22-23(18-6-8-19(29)9-7-18)15-35-28(22)17(2)27(21)34-5/h6-15H,1-5H3,(H,30,31)/b16-12+. The van der Waals surface area contributed by atoms with E-state index in [2.05, 4.69) is 5.32 Å². The molecular weight excluding hydrogens is 449 g/mol. The Balaban J connectivity index is 1.73. The van der Waals surface area contributed by atoms with E-state index in [1.54, 1.807) is 50.8 Å². The topological polar surface area (TPSA) is 69.9 Å². The molecule has 3 aromatic carbocycles. The van der Waals surface area contributed by atoms with Crippen molar-refractivity contribution in [3.05, 3.63) is 77.8 Å². The summed E-state index contributed by atoms with van der Waals surface area (Å²) in [5.41, 5.74) is 5.10. The van der Waals surface area contributed by atoms with Gasteiger partial charge in [-0.2, -0.15) is 0 Å². The molecule has 0 aliphatic rings. The average molecular weight is 476 g/mol. The molecular formula is C28H26FNO5. The van der Waals surface area contributed by atoms with Crippen LogP contribution in [0.1, 0.15) is 18.1 Å². The molecule has 4 rings (SSSR count). The van der Waals surface area contributed by atoms with E-state index in [4.69, 9.17) is 18.6 Å². The summed E-state index contributed by atoms with van der Waals surface area (Å²) in [6, 6.07) is 13.3. The van der Waals surface area contributed by atoms with E-state index in [1.165, 1.54) is 25.3 Å². The van der Waals surface area contributed by atoms with Crippen LogP contribution in [0, 0.1) is 12.7 Å². The van der Waals surface area contributed by atoms with Gasteiger partial charge in [0.2, 0.25) is 5.91 Å². The maximum Gasteiger partial charge on any atom is 0.248 e. The monoisotopic (exact) mass is 475 g/mol. The highest BCUT2D eigenvalue weighted by molar-refractivity contribution is 6.06. The molecule has 0 radical (unpaired) electrons. The second-order valence-corrected chi connectivity index (χ2v) is 8.00. The smallest absolute Gasteiger partial charge is 0.248 e. The number of fused-ring (bicyclic) bond motifs is 1. The van der Waals surface area contributed by atoms with Crippen LogP contribution in [0.15, 0.2) is 65.3 Å². The predicted octanol–water partition coefficient (Wildman–Crippen LogP) is 6.62. The molecule has 0 unspecified atom stereocenters. The molecule has 0 bridgehead atoms. The number of hydrogen-bond donors (Lipinski definition) is 1. The highest BCUT2D eigenvalue weighted by Gasteiger charge is 2.19. The van der Waals surface area contributed by atoms with Gasteiger partial charge in [-0.3, -0.25) is 4.79 Å². The van der Waals surface area contributed by atoms with Crippen molar-refractivity contribution in [2.45, 2.75) is 13.8 Å². The molecule has 0 spiro atoms. The third-order valence-electron chi connectivity index (χ3n) is 5.84. The normalized spacial score (nSPS) is 11.4. The Labute approximate surface area is 202 Å². The molecule has 0 aliphatic heterocycles. The Kier molecular flexibility index (Phi) is 6.78.